The molecule has 4 rings (SSSR count). The molecule has 1 amide bonds. The van der Waals surface area contributed by atoms with Crippen LogP contribution in [-0.2, 0) is 6.73 Å². The lowest BCUT2D eigenvalue weighted by molar-refractivity contribution is -0.384. The highest BCUT2D eigenvalue weighted by atomic mass is 16.6. The van der Waals surface area contributed by atoms with Crippen molar-refractivity contribution in [3.05, 3.63) is 99.9 Å². The number of rotatable bonds is 9. The molecule has 1 N–H and O–H groups in total. The first-order valence-electron chi connectivity index (χ1n) is 11.0. The Bertz CT molecular complexity index is 1400. The highest BCUT2D eigenvalue weighted by molar-refractivity contribution is 6.03. The molecule has 1 heterocycles. The second-order valence-electron chi connectivity index (χ2n) is 7.99. The fourth-order valence-electron chi connectivity index (χ4n) is 3.33. The van der Waals surface area contributed by atoms with Crippen LogP contribution in [0.25, 0.3) is 0 Å². The lowest BCUT2D eigenvalue weighted by Gasteiger charge is -2.11. The maximum atomic E-state index is 12.8. The average Bonchev–Trinajstić information content (AvgIpc) is 3.34. The number of carbonyl (C=O) groups is 1. The maximum absolute atomic E-state index is 12.8. The Morgan fingerprint density at radius 1 is 1.00 bits per heavy atom. The van der Waals surface area contributed by atoms with Crippen molar-refractivity contribution in [2.45, 2.75) is 20.6 Å². The molecule has 0 saturated carbocycles. The van der Waals surface area contributed by atoms with Crippen LogP contribution in [-0.4, -0.2) is 27.7 Å². The van der Waals surface area contributed by atoms with Gasteiger partial charge in [-0.05, 0) is 61.4 Å². The Balaban J connectivity index is 1.46. The summed E-state index contributed by atoms with van der Waals surface area (Å²) < 4.78 is 18.1. The summed E-state index contributed by atoms with van der Waals surface area (Å²) in [6.07, 6.45) is 1.60. The number of aryl methyl sites for hydroxylation is 2. The third-order valence-electron chi connectivity index (χ3n) is 5.23. The van der Waals surface area contributed by atoms with Gasteiger partial charge in [0.1, 0.15) is 23.0 Å². The lowest BCUT2D eigenvalue weighted by Crippen LogP contribution is -2.14. The van der Waals surface area contributed by atoms with E-state index in [9.17, 15) is 14.9 Å². The van der Waals surface area contributed by atoms with Gasteiger partial charge >= 0.3 is 0 Å². The number of hydrogen-bond donors (Lipinski definition) is 1. The summed E-state index contributed by atoms with van der Waals surface area (Å²) in [6.45, 7) is 3.89. The molecular formula is C26H24N4O6. The Labute approximate surface area is 207 Å². The average molecular weight is 489 g/mol. The first-order chi connectivity index (χ1) is 17.3. The summed E-state index contributed by atoms with van der Waals surface area (Å²) in [5, 5.41) is 18.3. The Hall–Kier alpha value is -4.86. The number of ether oxygens (including phenoxy) is 3. The number of methoxy groups -OCH3 is 1. The van der Waals surface area contributed by atoms with Gasteiger partial charge in [0.05, 0.1) is 23.8 Å². The molecule has 0 aliphatic carbocycles. The van der Waals surface area contributed by atoms with Crippen molar-refractivity contribution in [2.75, 3.05) is 12.4 Å². The molecule has 184 valence electrons. The minimum Gasteiger partial charge on any atom is -0.497 e. The van der Waals surface area contributed by atoms with Crippen molar-refractivity contribution in [3.63, 3.8) is 0 Å². The van der Waals surface area contributed by atoms with Crippen molar-refractivity contribution in [3.8, 4) is 23.0 Å². The number of nitrogens with zero attached hydrogens (tertiary/aromatic N) is 3. The number of nitro groups is 1. The number of carbonyl (C=O) groups excluding carboxylic acids is 1. The minimum atomic E-state index is -0.545. The monoisotopic (exact) mass is 488 g/mol. The van der Waals surface area contributed by atoms with Crippen molar-refractivity contribution < 1.29 is 23.9 Å². The molecule has 0 aliphatic rings. The van der Waals surface area contributed by atoms with Gasteiger partial charge in [-0.15, -0.1) is 0 Å². The van der Waals surface area contributed by atoms with E-state index in [1.807, 2.05) is 32.0 Å². The number of benzene rings is 3. The van der Waals surface area contributed by atoms with E-state index in [1.54, 1.807) is 37.6 Å². The van der Waals surface area contributed by atoms with Crippen LogP contribution in [0.4, 0.5) is 11.4 Å². The molecule has 0 unspecified atom stereocenters. The van der Waals surface area contributed by atoms with E-state index in [2.05, 4.69) is 10.4 Å². The molecule has 1 aromatic heterocycles. The Morgan fingerprint density at radius 2 is 1.75 bits per heavy atom. The Morgan fingerprint density at radius 3 is 2.47 bits per heavy atom. The van der Waals surface area contributed by atoms with E-state index in [-0.39, 0.29) is 29.5 Å². The zero-order valence-electron chi connectivity index (χ0n) is 19.9. The predicted molar refractivity (Wildman–Crippen MR) is 133 cm³/mol. The van der Waals surface area contributed by atoms with Gasteiger partial charge < -0.3 is 19.5 Å². The van der Waals surface area contributed by atoms with Crippen molar-refractivity contribution >= 4 is 17.3 Å². The number of anilines is 1. The number of non-ortho nitro benzene ring substituents is 1. The van der Waals surface area contributed by atoms with E-state index < -0.39 is 10.8 Å². The highest BCUT2D eigenvalue weighted by Gasteiger charge is 2.16. The number of aromatic nitrogens is 2. The molecule has 10 heteroatoms. The van der Waals surface area contributed by atoms with Gasteiger partial charge in [-0.1, -0.05) is 12.1 Å². The predicted octanol–water partition coefficient (Wildman–Crippen LogP) is 5.50. The molecular weight excluding hydrogens is 464 g/mol. The molecule has 0 atom stereocenters. The van der Waals surface area contributed by atoms with Crippen LogP contribution in [0.3, 0.4) is 0 Å². The molecule has 36 heavy (non-hydrogen) atoms. The molecule has 3 aromatic carbocycles. The highest BCUT2D eigenvalue weighted by Crippen LogP contribution is 2.32. The lowest BCUT2D eigenvalue weighted by atomic mass is 10.1. The maximum Gasteiger partial charge on any atom is 0.276 e. The normalized spacial score (nSPS) is 10.5. The molecule has 0 fully saturated rings. The van der Waals surface area contributed by atoms with Gasteiger partial charge in [-0.2, -0.15) is 5.10 Å². The van der Waals surface area contributed by atoms with Gasteiger partial charge in [0, 0.05) is 18.3 Å². The first-order valence-corrected chi connectivity index (χ1v) is 11.0. The fraction of sp³-hybridized carbons (Fsp3) is 0.154. The van der Waals surface area contributed by atoms with E-state index >= 15 is 0 Å². The fourth-order valence-corrected chi connectivity index (χ4v) is 3.33. The molecule has 0 saturated heterocycles. The third-order valence-corrected chi connectivity index (χ3v) is 5.23. The number of nitrogens with one attached hydrogen (secondary N) is 1. The van der Waals surface area contributed by atoms with Gasteiger partial charge in [-0.3, -0.25) is 14.9 Å². The largest absolute Gasteiger partial charge is 0.497 e. The number of amides is 1. The number of hydrogen-bond acceptors (Lipinski definition) is 7. The molecule has 0 aliphatic heterocycles. The van der Waals surface area contributed by atoms with Crippen molar-refractivity contribution in [2.24, 2.45) is 0 Å². The summed E-state index contributed by atoms with van der Waals surface area (Å²) in [5.74, 6) is 1.60. The SMILES string of the molecule is COc1ccc(OCn2ccc(C(=O)Nc3cc(Oc4cc(C)ccc4C)cc([N+](=O)[O-])c3)n2)cc1. The van der Waals surface area contributed by atoms with E-state index in [0.717, 1.165) is 11.1 Å². The van der Waals surface area contributed by atoms with Crippen LogP contribution in [0, 0.1) is 24.0 Å². The smallest absolute Gasteiger partial charge is 0.276 e. The molecule has 0 spiro atoms. The van der Waals surface area contributed by atoms with Crippen LogP contribution in [0.2, 0.25) is 0 Å². The topological polar surface area (TPSA) is 118 Å². The van der Waals surface area contributed by atoms with Gasteiger partial charge in [0.15, 0.2) is 12.4 Å². The molecule has 0 bridgehead atoms. The zero-order valence-corrected chi connectivity index (χ0v) is 19.9. The molecule has 0 radical (unpaired) electrons. The Kier molecular flexibility index (Phi) is 7.15. The van der Waals surface area contributed by atoms with E-state index in [1.165, 1.54) is 28.9 Å². The summed E-state index contributed by atoms with van der Waals surface area (Å²) in [7, 11) is 1.58. The standard InChI is InChI=1S/C26H24N4O6/c1-17-4-5-18(2)25(12-17)36-23-14-19(13-20(15-23)30(32)33)27-26(31)24-10-11-29(28-24)16-35-22-8-6-21(34-3)7-9-22/h4-15H,16H2,1-3H3,(H,27,31). The van der Waals surface area contributed by atoms with Gasteiger partial charge in [0.25, 0.3) is 11.6 Å². The number of nitro benzene ring substituents is 1. The molecule has 4 aromatic rings. The van der Waals surface area contributed by atoms with Crippen LogP contribution < -0.4 is 19.5 Å². The van der Waals surface area contributed by atoms with Crippen molar-refractivity contribution in [1.29, 1.82) is 0 Å². The molecule has 10 nitrogen and oxygen atoms in total. The summed E-state index contributed by atoms with van der Waals surface area (Å²) in [6, 6.07) is 18.4. The summed E-state index contributed by atoms with van der Waals surface area (Å²) >= 11 is 0. The third kappa shape index (κ3) is 5.98. The van der Waals surface area contributed by atoms with Crippen LogP contribution in [0.5, 0.6) is 23.0 Å². The van der Waals surface area contributed by atoms with E-state index in [4.69, 9.17) is 14.2 Å². The van der Waals surface area contributed by atoms with Crippen LogP contribution >= 0.6 is 0 Å². The van der Waals surface area contributed by atoms with Crippen molar-refractivity contribution in [1.82, 2.24) is 9.78 Å². The minimum absolute atomic E-state index is 0.0875. The first kappa shape index (κ1) is 24.3. The zero-order chi connectivity index (χ0) is 25.7. The van der Waals surface area contributed by atoms with Gasteiger partial charge in [-0.25, -0.2) is 4.68 Å². The van der Waals surface area contributed by atoms with Gasteiger partial charge in [0.2, 0.25) is 0 Å². The second-order valence-corrected chi connectivity index (χ2v) is 7.99. The van der Waals surface area contributed by atoms with E-state index in [0.29, 0.717) is 17.2 Å². The quantitative estimate of drug-likeness (QED) is 0.244. The van der Waals surface area contributed by atoms with Crippen LogP contribution in [0.1, 0.15) is 21.6 Å². The second kappa shape index (κ2) is 10.6. The summed E-state index contributed by atoms with van der Waals surface area (Å²) in [5.41, 5.74) is 1.98. The summed E-state index contributed by atoms with van der Waals surface area (Å²) in [4.78, 5) is 23.7. The van der Waals surface area contributed by atoms with Crippen LogP contribution in [0.15, 0.2) is 72.9 Å².